The molecule has 0 fully saturated rings. The topological polar surface area (TPSA) is 39.2 Å². The van der Waals surface area contributed by atoms with Crippen LogP contribution in [-0.2, 0) is 4.74 Å². The fourth-order valence-corrected chi connectivity index (χ4v) is 1.67. The van der Waals surface area contributed by atoms with Crippen LogP contribution in [0.25, 0.3) is 0 Å². The van der Waals surface area contributed by atoms with Crippen LogP contribution in [-0.4, -0.2) is 16.6 Å². The van der Waals surface area contributed by atoms with Gasteiger partial charge in [0.25, 0.3) is 0 Å². The largest absolute Gasteiger partial charge is 0.455 e. The Labute approximate surface area is 88.1 Å². The summed E-state index contributed by atoms with van der Waals surface area (Å²) in [6.45, 7) is 9.37. The molecule has 1 heterocycles. The Morgan fingerprint density at radius 2 is 1.93 bits per heavy atom. The van der Waals surface area contributed by atoms with E-state index in [1.165, 1.54) is 11.3 Å². The zero-order valence-corrected chi connectivity index (χ0v) is 9.99. The summed E-state index contributed by atoms with van der Waals surface area (Å²) in [5, 5.41) is 0.440. The van der Waals surface area contributed by atoms with E-state index < -0.39 is 5.60 Å². The predicted octanol–water partition coefficient (Wildman–Crippen LogP) is 2.72. The van der Waals surface area contributed by atoms with Crippen molar-refractivity contribution in [1.82, 2.24) is 4.98 Å². The number of thiazole rings is 1. The van der Waals surface area contributed by atoms with Crippen molar-refractivity contribution >= 4 is 17.3 Å². The van der Waals surface area contributed by atoms with E-state index >= 15 is 0 Å². The first-order chi connectivity index (χ1) is 6.29. The number of esters is 1. The quantitative estimate of drug-likeness (QED) is 0.673. The molecule has 0 N–H and O–H groups in total. The molecule has 4 heteroatoms. The van der Waals surface area contributed by atoms with E-state index in [1.807, 2.05) is 34.6 Å². The Morgan fingerprint density at radius 1 is 1.36 bits per heavy atom. The van der Waals surface area contributed by atoms with E-state index in [9.17, 15) is 4.79 Å². The zero-order valence-electron chi connectivity index (χ0n) is 9.17. The molecule has 0 aliphatic carbocycles. The number of aryl methyl sites for hydroxylation is 2. The maximum Gasteiger partial charge on any atom is 0.367 e. The van der Waals surface area contributed by atoms with Gasteiger partial charge in [-0.05, 0) is 34.6 Å². The molecule has 0 radical (unpaired) electrons. The van der Waals surface area contributed by atoms with Crippen molar-refractivity contribution in [1.29, 1.82) is 0 Å². The minimum absolute atomic E-state index is 0.335. The van der Waals surface area contributed by atoms with Crippen LogP contribution in [0.4, 0.5) is 0 Å². The monoisotopic (exact) mass is 213 g/mol. The molecule has 1 aromatic heterocycles. The zero-order chi connectivity index (χ0) is 10.9. The summed E-state index contributed by atoms with van der Waals surface area (Å²) >= 11 is 1.38. The normalized spacial score (nSPS) is 11.5. The van der Waals surface area contributed by atoms with Gasteiger partial charge < -0.3 is 4.74 Å². The van der Waals surface area contributed by atoms with Crippen molar-refractivity contribution in [3.63, 3.8) is 0 Å². The Kier molecular flexibility index (Phi) is 2.95. The minimum Gasteiger partial charge on any atom is -0.455 e. The lowest BCUT2D eigenvalue weighted by Gasteiger charge is -2.18. The molecule has 78 valence electrons. The number of aromatic nitrogens is 1. The lowest BCUT2D eigenvalue weighted by atomic mass is 10.2. The summed E-state index contributed by atoms with van der Waals surface area (Å²) in [4.78, 5) is 16.8. The number of carbonyl (C=O) groups excluding carboxylic acids is 1. The number of hydrogen-bond donors (Lipinski definition) is 0. The molecule has 1 rings (SSSR count). The lowest BCUT2D eigenvalue weighted by Crippen LogP contribution is -2.23. The van der Waals surface area contributed by atoms with E-state index in [0.29, 0.717) is 5.01 Å². The molecule has 0 saturated carbocycles. The fraction of sp³-hybridized carbons (Fsp3) is 0.600. The lowest BCUT2D eigenvalue weighted by molar-refractivity contribution is 0.00690. The second-order valence-electron chi connectivity index (χ2n) is 4.16. The summed E-state index contributed by atoms with van der Waals surface area (Å²) in [5.74, 6) is -0.335. The highest BCUT2D eigenvalue weighted by Gasteiger charge is 2.20. The van der Waals surface area contributed by atoms with E-state index in [-0.39, 0.29) is 5.97 Å². The van der Waals surface area contributed by atoms with Crippen molar-refractivity contribution in [2.45, 2.75) is 40.2 Å². The third-order valence-corrected chi connectivity index (χ3v) is 2.65. The summed E-state index contributed by atoms with van der Waals surface area (Å²) in [5.41, 5.74) is 0.445. The molecular weight excluding hydrogens is 198 g/mol. The molecule has 0 spiro atoms. The van der Waals surface area contributed by atoms with Gasteiger partial charge in [0.05, 0.1) is 5.69 Å². The molecule has 0 aliphatic rings. The summed E-state index contributed by atoms with van der Waals surface area (Å²) in [7, 11) is 0. The van der Waals surface area contributed by atoms with Gasteiger partial charge in [0.2, 0.25) is 5.01 Å². The Bertz CT molecular complexity index is 330. The second kappa shape index (κ2) is 3.69. The Morgan fingerprint density at radius 3 is 2.29 bits per heavy atom. The maximum atomic E-state index is 11.6. The van der Waals surface area contributed by atoms with Crippen molar-refractivity contribution < 1.29 is 9.53 Å². The highest BCUT2D eigenvalue weighted by molar-refractivity contribution is 7.13. The van der Waals surface area contributed by atoms with Gasteiger partial charge in [-0.25, -0.2) is 9.78 Å². The number of carbonyl (C=O) groups is 1. The maximum absolute atomic E-state index is 11.6. The van der Waals surface area contributed by atoms with Crippen LogP contribution in [0.5, 0.6) is 0 Å². The summed E-state index contributed by atoms with van der Waals surface area (Å²) < 4.78 is 5.20. The van der Waals surface area contributed by atoms with Crippen LogP contribution in [0.3, 0.4) is 0 Å². The average molecular weight is 213 g/mol. The molecule has 3 nitrogen and oxygen atoms in total. The highest BCUT2D eigenvalue weighted by atomic mass is 32.1. The van der Waals surface area contributed by atoms with E-state index in [1.54, 1.807) is 0 Å². The van der Waals surface area contributed by atoms with Gasteiger partial charge in [0.15, 0.2) is 0 Å². The third-order valence-electron chi connectivity index (χ3n) is 1.60. The van der Waals surface area contributed by atoms with Crippen molar-refractivity contribution in [2.75, 3.05) is 0 Å². The van der Waals surface area contributed by atoms with E-state index in [0.717, 1.165) is 10.6 Å². The van der Waals surface area contributed by atoms with Crippen molar-refractivity contribution in [3.05, 3.63) is 15.6 Å². The molecule has 0 amide bonds. The van der Waals surface area contributed by atoms with E-state index in [4.69, 9.17) is 4.74 Å². The fourth-order valence-electron chi connectivity index (χ4n) is 0.882. The van der Waals surface area contributed by atoms with Crippen LogP contribution in [0.1, 0.15) is 41.1 Å². The first kappa shape index (κ1) is 11.2. The van der Waals surface area contributed by atoms with Crippen LogP contribution in [0, 0.1) is 13.8 Å². The van der Waals surface area contributed by atoms with Crippen LogP contribution in [0.15, 0.2) is 0 Å². The Hall–Kier alpha value is -0.900. The Balaban J connectivity index is 2.80. The molecular formula is C10H15NO2S. The smallest absolute Gasteiger partial charge is 0.367 e. The highest BCUT2D eigenvalue weighted by Crippen LogP contribution is 2.19. The summed E-state index contributed by atoms with van der Waals surface area (Å²) in [6.07, 6.45) is 0. The molecule has 0 unspecified atom stereocenters. The van der Waals surface area contributed by atoms with Crippen LogP contribution in [0.2, 0.25) is 0 Å². The molecule has 0 atom stereocenters. The van der Waals surface area contributed by atoms with Crippen molar-refractivity contribution in [2.24, 2.45) is 0 Å². The SMILES string of the molecule is Cc1nc(C(=O)OC(C)(C)C)sc1C. The minimum atomic E-state index is -0.454. The average Bonchev–Trinajstić information content (AvgIpc) is 2.28. The van der Waals surface area contributed by atoms with Gasteiger partial charge in [-0.1, -0.05) is 0 Å². The van der Waals surface area contributed by atoms with Gasteiger partial charge in [0, 0.05) is 4.88 Å². The first-order valence-corrected chi connectivity index (χ1v) is 5.28. The molecule has 14 heavy (non-hydrogen) atoms. The molecule has 0 bridgehead atoms. The first-order valence-electron chi connectivity index (χ1n) is 4.47. The van der Waals surface area contributed by atoms with E-state index in [2.05, 4.69) is 4.98 Å². The van der Waals surface area contributed by atoms with Gasteiger partial charge in [-0.2, -0.15) is 0 Å². The van der Waals surface area contributed by atoms with Gasteiger partial charge in [-0.15, -0.1) is 11.3 Å². The van der Waals surface area contributed by atoms with Crippen molar-refractivity contribution in [3.8, 4) is 0 Å². The van der Waals surface area contributed by atoms with Gasteiger partial charge in [-0.3, -0.25) is 0 Å². The third kappa shape index (κ3) is 2.80. The molecule has 1 aromatic rings. The summed E-state index contributed by atoms with van der Waals surface area (Å²) in [6, 6.07) is 0. The standard InChI is InChI=1S/C10H15NO2S/c1-6-7(2)14-8(11-6)9(12)13-10(3,4)5/h1-5H3. The van der Waals surface area contributed by atoms with Crippen LogP contribution < -0.4 is 0 Å². The number of nitrogens with zero attached hydrogens (tertiary/aromatic N) is 1. The number of rotatable bonds is 1. The van der Waals surface area contributed by atoms with Crippen LogP contribution >= 0.6 is 11.3 Å². The molecule has 0 aromatic carbocycles. The number of hydrogen-bond acceptors (Lipinski definition) is 4. The van der Waals surface area contributed by atoms with Gasteiger partial charge >= 0.3 is 5.97 Å². The second-order valence-corrected chi connectivity index (χ2v) is 5.37. The molecule has 0 aliphatic heterocycles. The predicted molar refractivity (Wildman–Crippen MR) is 56.8 cm³/mol. The molecule has 0 saturated heterocycles. The number of ether oxygens (including phenoxy) is 1. The van der Waals surface area contributed by atoms with Gasteiger partial charge in [0.1, 0.15) is 5.60 Å².